The topological polar surface area (TPSA) is 69.6 Å². The number of nitrogens with one attached hydrogen (secondary N) is 1. The smallest absolute Gasteiger partial charge is 0.322 e. The van der Waals surface area contributed by atoms with Crippen LogP contribution in [0.2, 0.25) is 0 Å². The van der Waals surface area contributed by atoms with Crippen LogP contribution >= 0.6 is 0 Å². The number of hydrogen-bond donors (Lipinski definition) is 2. The van der Waals surface area contributed by atoms with Gasteiger partial charge in [0.05, 0.1) is 6.42 Å². The lowest BCUT2D eigenvalue weighted by molar-refractivity contribution is -0.142. The summed E-state index contributed by atoms with van der Waals surface area (Å²) in [6.45, 7) is 1.33. The fourth-order valence-corrected chi connectivity index (χ4v) is 2.02. The van der Waals surface area contributed by atoms with E-state index in [0.717, 1.165) is 5.56 Å². The number of piperazine rings is 1. The molecular formula is C13H16N2O3. The zero-order valence-corrected chi connectivity index (χ0v) is 10.0. The third-order valence-electron chi connectivity index (χ3n) is 3.02. The molecule has 96 valence electrons. The van der Waals surface area contributed by atoms with Crippen molar-refractivity contribution in [3.05, 3.63) is 35.9 Å². The van der Waals surface area contributed by atoms with Gasteiger partial charge >= 0.3 is 5.97 Å². The maximum atomic E-state index is 12.0. The van der Waals surface area contributed by atoms with E-state index in [1.165, 1.54) is 0 Å². The molecule has 0 saturated carbocycles. The second kappa shape index (κ2) is 5.64. The van der Waals surface area contributed by atoms with Gasteiger partial charge < -0.3 is 15.3 Å². The molecule has 1 aliphatic heterocycles. The fraction of sp³-hybridized carbons (Fsp3) is 0.385. The quantitative estimate of drug-likeness (QED) is 0.797. The highest BCUT2D eigenvalue weighted by molar-refractivity contribution is 5.81. The third kappa shape index (κ3) is 3.07. The molecule has 0 aliphatic carbocycles. The lowest BCUT2D eigenvalue weighted by Gasteiger charge is -2.31. The van der Waals surface area contributed by atoms with Crippen molar-refractivity contribution in [2.45, 2.75) is 12.5 Å². The largest absolute Gasteiger partial charge is 0.480 e. The highest BCUT2D eigenvalue weighted by Gasteiger charge is 2.27. The molecule has 0 radical (unpaired) electrons. The minimum absolute atomic E-state index is 0.0195. The standard InChI is InChI=1S/C13H16N2O3/c16-12(8-10-4-2-1-3-5-10)15-7-6-14-11(9-15)13(17)18/h1-5,11,14H,6-9H2,(H,17,18). The monoisotopic (exact) mass is 248 g/mol. The first-order valence-corrected chi connectivity index (χ1v) is 5.94. The molecular weight excluding hydrogens is 232 g/mol. The molecule has 1 amide bonds. The number of nitrogens with zero attached hydrogens (tertiary/aromatic N) is 1. The minimum atomic E-state index is -0.910. The Morgan fingerprint density at radius 1 is 1.33 bits per heavy atom. The van der Waals surface area contributed by atoms with Gasteiger partial charge in [-0.25, -0.2) is 0 Å². The number of carboxylic acids is 1. The Hall–Kier alpha value is -1.88. The lowest BCUT2D eigenvalue weighted by atomic mass is 10.1. The van der Waals surface area contributed by atoms with Crippen molar-refractivity contribution in [2.75, 3.05) is 19.6 Å². The lowest BCUT2D eigenvalue weighted by Crippen LogP contribution is -2.56. The van der Waals surface area contributed by atoms with Crippen LogP contribution in [0.15, 0.2) is 30.3 Å². The summed E-state index contributed by atoms with van der Waals surface area (Å²) in [7, 11) is 0. The Balaban J connectivity index is 1.95. The Bertz CT molecular complexity index is 433. The van der Waals surface area contributed by atoms with Gasteiger partial charge in [0.2, 0.25) is 5.91 Å². The number of amides is 1. The first-order chi connectivity index (χ1) is 8.66. The molecule has 1 aliphatic rings. The third-order valence-corrected chi connectivity index (χ3v) is 3.02. The highest BCUT2D eigenvalue weighted by Crippen LogP contribution is 2.06. The van der Waals surface area contributed by atoms with E-state index in [1.54, 1.807) is 4.90 Å². The summed E-state index contributed by atoms with van der Waals surface area (Å²) in [6.07, 6.45) is 0.327. The fourth-order valence-electron chi connectivity index (χ4n) is 2.02. The highest BCUT2D eigenvalue weighted by atomic mass is 16.4. The van der Waals surface area contributed by atoms with Gasteiger partial charge in [0.25, 0.3) is 0 Å². The molecule has 0 spiro atoms. The predicted molar refractivity (Wildman–Crippen MR) is 66.2 cm³/mol. The second-order valence-corrected chi connectivity index (χ2v) is 4.35. The zero-order chi connectivity index (χ0) is 13.0. The number of carbonyl (C=O) groups is 2. The van der Waals surface area contributed by atoms with Crippen molar-refractivity contribution in [1.82, 2.24) is 10.2 Å². The van der Waals surface area contributed by atoms with E-state index in [1.807, 2.05) is 30.3 Å². The SMILES string of the molecule is O=C(O)C1CN(C(=O)Cc2ccccc2)CCN1. The Morgan fingerprint density at radius 2 is 2.06 bits per heavy atom. The average Bonchev–Trinajstić information content (AvgIpc) is 2.40. The van der Waals surface area contributed by atoms with Gasteiger partial charge in [-0.15, -0.1) is 0 Å². The summed E-state index contributed by atoms with van der Waals surface area (Å²) in [4.78, 5) is 24.5. The van der Waals surface area contributed by atoms with Gasteiger partial charge in [-0.1, -0.05) is 30.3 Å². The number of benzene rings is 1. The van der Waals surface area contributed by atoms with Gasteiger partial charge in [0.15, 0.2) is 0 Å². The van der Waals surface area contributed by atoms with Gasteiger partial charge in [-0.05, 0) is 5.56 Å². The molecule has 0 bridgehead atoms. The van der Waals surface area contributed by atoms with E-state index in [2.05, 4.69) is 5.32 Å². The van der Waals surface area contributed by atoms with E-state index in [-0.39, 0.29) is 12.5 Å². The first-order valence-electron chi connectivity index (χ1n) is 5.94. The molecule has 18 heavy (non-hydrogen) atoms. The predicted octanol–water partition coefficient (Wildman–Crippen LogP) is 0.114. The number of hydrogen-bond acceptors (Lipinski definition) is 3. The van der Waals surface area contributed by atoms with Crippen LogP contribution in [0.5, 0.6) is 0 Å². The molecule has 5 heteroatoms. The molecule has 5 nitrogen and oxygen atoms in total. The van der Waals surface area contributed by atoms with E-state index in [4.69, 9.17) is 5.11 Å². The average molecular weight is 248 g/mol. The van der Waals surface area contributed by atoms with Crippen molar-refractivity contribution < 1.29 is 14.7 Å². The van der Waals surface area contributed by atoms with Crippen LogP contribution in [0.4, 0.5) is 0 Å². The van der Waals surface area contributed by atoms with Crippen LogP contribution in [-0.2, 0) is 16.0 Å². The van der Waals surface area contributed by atoms with Crippen molar-refractivity contribution in [3.63, 3.8) is 0 Å². The summed E-state index contributed by atoms with van der Waals surface area (Å²) < 4.78 is 0. The van der Waals surface area contributed by atoms with E-state index in [9.17, 15) is 9.59 Å². The summed E-state index contributed by atoms with van der Waals surface area (Å²) in [5, 5.41) is 11.8. The second-order valence-electron chi connectivity index (χ2n) is 4.35. The maximum Gasteiger partial charge on any atom is 0.322 e. The van der Waals surface area contributed by atoms with Gasteiger partial charge in [0, 0.05) is 19.6 Å². The van der Waals surface area contributed by atoms with Crippen LogP contribution < -0.4 is 5.32 Å². The van der Waals surface area contributed by atoms with Crippen LogP contribution in [0.1, 0.15) is 5.56 Å². The number of rotatable bonds is 3. The normalized spacial score (nSPS) is 19.6. The Kier molecular flexibility index (Phi) is 3.94. The van der Waals surface area contributed by atoms with Crippen molar-refractivity contribution >= 4 is 11.9 Å². The first kappa shape index (κ1) is 12.6. The molecule has 1 saturated heterocycles. The molecule has 2 rings (SSSR count). The van der Waals surface area contributed by atoms with Gasteiger partial charge in [-0.3, -0.25) is 9.59 Å². The van der Waals surface area contributed by atoms with Crippen LogP contribution in [0.25, 0.3) is 0 Å². The van der Waals surface area contributed by atoms with Crippen LogP contribution in [0.3, 0.4) is 0 Å². The van der Waals surface area contributed by atoms with Gasteiger partial charge in [-0.2, -0.15) is 0 Å². The number of aliphatic carboxylic acids is 1. The minimum Gasteiger partial charge on any atom is -0.480 e. The summed E-state index contributed by atoms with van der Waals surface area (Å²) in [6, 6.07) is 8.82. The summed E-state index contributed by atoms with van der Waals surface area (Å²) in [5.41, 5.74) is 0.952. The molecule has 1 heterocycles. The van der Waals surface area contributed by atoms with Crippen molar-refractivity contribution in [2.24, 2.45) is 0 Å². The number of carbonyl (C=O) groups excluding carboxylic acids is 1. The molecule has 2 N–H and O–H groups in total. The van der Waals surface area contributed by atoms with Crippen molar-refractivity contribution in [3.8, 4) is 0 Å². The molecule has 0 aromatic heterocycles. The van der Waals surface area contributed by atoms with Crippen molar-refractivity contribution in [1.29, 1.82) is 0 Å². The summed E-state index contributed by atoms with van der Waals surface area (Å²) in [5.74, 6) is -0.929. The zero-order valence-electron chi connectivity index (χ0n) is 10.0. The van der Waals surface area contributed by atoms with E-state index in [0.29, 0.717) is 19.5 Å². The number of carboxylic acid groups (broad SMARTS) is 1. The van der Waals surface area contributed by atoms with E-state index >= 15 is 0 Å². The molecule has 1 unspecified atom stereocenters. The van der Waals surface area contributed by atoms with Gasteiger partial charge in [0.1, 0.15) is 6.04 Å². The Labute approximate surface area is 105 Å². The van der Waals surface area contributed by atoms with E-state index < -0.39 is 12.0 Å². The molecule has 1 aromatic carbocycles. The molecule has 1 atom stereocenters. The van der Waals surface area contributed by atoms with Crippen LogP contribution in [-0.4, -0.2) is 47.6 Å². The molecule has 1 fully saturated rings. The molecule has 1 aromatic rings. The van der Waals surface area contributed by atoms with Crippen LogP contribution in [0, 0.1) is 0 Å². The Morgan fingerprint density at radius 3 is 2.72 bits per heavy atom. The summed E-state index contributed by atoms with van der Waals surface area (Å²) >= 11 is 0. The maximum absolute atomic E-state index is 12.0.